The summed E-state index contributed by atoms with van der Waals surface area (Å²) in [4.78, 5) is 10.8. The third kappa shape index (κ3) is 1.58. The Balaban J connectivity index is 2.66. The molecule has 1 aliphatic carbocycles. The molecule has 0 saturated heterocycles. The molecule has 1 fully saturated rings. The summed E-state index contributed by atoms with van der Waals surface area (Å²) < 4.78 is 0.133. The van der Waals surface area contributed by atoms with Crippen molar-refractivity contribution in [3.05, 3.63) is 12.2 Å². The number of aliphatic hydroxyl groups is 1. The number of Topliss-reactive ketones (excluding diaryl/α,β-unsaturated/α-hetero) is 1. The van der Waals surface area contributed by atoms with Crippen molar-refractivity contribution < 1.29 is 9.90 Å². The number of alkyl halides is 1. The molecule has 10 heavy (non-hydrogen) atoms. The molecule has 2 atom stereocenters. The molecule has 1 rings (SSSR count). The minimum absolute atomic E-state index is 0.133. The highest BCUT2D eigenvalue weighted by molar-refractivity contribution is 14.1. The van der Waals surface area contributed by atoms with Crippen LogP contribution in [-0.4, -0.2) is 20.9 Å². The minimum Gasteiger partial charge on any atom is -0.388 e. The van der Waals surface area contributed by atoms with E-state index in [0.29, 0.717) is 6.42 Å². The van der Waals surface area contributed by atoms with Gasteiger partial charge in [0, 0.05) is 16.8 Å². The lowest BCUT2D eigenvalue weighted by Gasteiger charge is -2.23. The van der Waals surface area contributed by atoms with Gasteiger partial charge in [0.15, 0.2) is 0 Å². The van der Waals surface area contributed by atoms with Crippen molar-refractivity contribution in [3.8, 4) is 0 Å². The molecule has 0 bridgehead atoms. The van der Waals surface area contributed by atoms with Gasteiger partial charge < -0.3 is 5.11 Å². The van der Waals surface area contributed by atoms with E-state index in [1.807, 2.05) is 0 Å². The topological polar surface area (TPSA) is 37.3 Å². The molecule has 0 heterocycles. The summed E-state index contributed by atoms with van der Waals surface area (Å²) in [5.41, 5.74) is 0.792. The van der Waals surface area contributed by atoms with Crippen molar-refractivity contribution in [3.63, 3.8) is 0 Å². The van der Waals surface area contributed by atoms with Crippen molar-refractivity contribution in [2.75, 3.05) is 0 Å². The van der Waals surface area contributed by atoms with Gasteiger partial charge in [-0.05, 0) is 5.57 Å². The molecule has 0 aromatic heterocycles. The maximum Gasteiger partial charge on any atom is 0.137 e. The molecule has 56 valence electrons. The molecule has 0 spiro atoms. The Morgan fingerprint density at radius 1 is 1.60 bits per heavy atom. The molecule has 0 aliphatic heterocycles. The van der Waals surface area contributed by atoms with Crippen molar-refractivity contribution in [2.24, 2.45) is 0 Å². The summed E-state index contributed by atoms with van der Waals surface area (Å²) in [5, 5.41) is 9.19. The maximum atomic E-state index is 10.8. The highest BCUT2D eigenvalue weighted by atomic mass is 127. The smallest absolute Gasteiger partial charge is 0.137 e. The standard InChI is InChI=1S/C7H9IO2/c1-4-6(8)2-5(9)3-7(4)10/h6-7,10H,1-3H2/t6-,7-/m1/s1. The van der Waals surface area contributed by atoms with Crippen molar-refractivity contribution >= 4 is 28.4 Å². The molecular formula is C7H9IO2. The number of hydrogen-bond acceptors (Lipinski definition) is 2. The summed E-state index contributed by atoms with van der Waals surface area (Å²) in [5.74, 6) is 0.138. The van der Waals surface area contributed by atoms with Gasteiger partial charge in [-0.3, -0.25) is 4.79 Å². The van der Waals surface area contributed by atoms with Crippen molar-refractivity contribution in [1.29, 1.82) is 0 Å². The first-order valence-electron chi connectivity index (χ1n) is 3.14. The van der Waals surface area contributed by atoms with Crippen LogP contribution in [0, 0.1) is 0 Å². The monoisotopic (exact) mass is 252 g/mol. The van der Waals surface area contributed by atoms with Gasteiger partial charge >= 0.3 is 0 Å². The molecule has 0 aromatic rings. The zero-order valence-corrected chi connectivity index (χ0v) is 7.67. The van der Waals surface area contributed by atoms with Crippen LogP contribution in [0.25, 0.3) is 0 Å². The fourth-order valence-electron chi connectivity index (χ4n) is 0.970. The van der Waals surface area contributed by atoms with E-state index in [0.717, 1.165) is 5.57 Å². The van der Waals surface area contributed by atoms with Crippen LogP contribution in [-0.2, 0) is 4.79 Å². The summed E-state index contributed by atoms with van der Waals surface area (Å²) in [7, 11) is 0. The molecular weight excluding hydrogens is 243 g/mol. The van der Waals surface area contributed by atoms with Crippen LogP contribution >= 0.6 is 22.6 Å². The number of carbonyl (C=O) groups excluding carboxylic acids is 1. The molecule has 0 amide bonds. The molecule has 2 nitrogen and oxygen atoms in total. The van der Waals surface area contributed by atoms with Gasteiger partial charge in [0.25, 0.3) is 0 Å². The van der Waals surface area contributed by atoms with E-state index >= 15 is 0 Å². The van der Waals surface area contributed by atoms with E-state index in [-0.39, 0.29) is 16.1 Å². The molecule has 1 N–H and O–H groups in total. The third-order valence-electron chi connectivity index (χ3n) is 1.66. The SMILES string of the molecule is C=C1[C@H](O)CC(=O)C[C@H]1I. The van der Waals surface area contributed by atoms with Crippen LogP contribution in [0.15, 0.2) is 12.2 Å². The zero-order valence-electron chi connectivity index (χ0n) is 5.51. The molecule has 1 aliphatic rings. The van der Waals surface area contributed by atoms with Gasteiger partial charge in [-0.1, -0.05) is 29.2 Å². The highest BCUT2D eigenvalue weighted by Gasteiger charge is 2.27. The van der Waals surface area contributed by atoms with Crippen molar-refractivity contribution in [1.82, 2.24) is 0 Å². The van der Waals surface area contributed by atoms with Gasteiger partial charge in [-0.25, -0.2) is 0 Å². The summed E-state index contributed by atoms with van der Waals surface area (Å²) in [6.07, 6.45) is 0.206. The first-order valence-corrected chi connectivity index (χ1v) is 4.38. The lowest BCUT2D eigenvalue weighted by Crippen LogP contribution is -2.28. The van der Waals surface area contributed by atoms with Gasteiger partial charge in [0.2, 0.25) is 0 Å². The van der Waals surface area contributed by atoms with Gasteiger partial charge in [0.05, 0.1) is 6.10 Å². The van der Waals surface area contributed by atoms with Crippen LogP contribution in [0.4, 0.5) is 0 Å². The van der Waals surface area contributed by atoms with E-state index in [1.54, 1.807) is 0 Å². The molecule has 0 unspecified atom stereocenters. The summed E-state index contributed by atoms with van der Waals surface area (Å²) >= 11 is 2.13. The van der Waals surface area contributed by atoms with Crippen molar-refractivity contribution in [2.45, 2.75) is 22.9 Å². The Labute approximate surface area is 73.5 Å². The molecule has 0 radical (unpaired) electrons. The fourth-order valence-corrected chi connectivity index (χ4v) is 1.88. The van der Waals surface area contributed by atoms with Crippen LogP contribution in [0.5, 0.6) is 0 Å². The second-order valence-electron chi connectivity index (χ2n) is 2.51. The van der Waals surface area contributed by atoms with Gasteiger partial charge in [-0.2, -0.15) is 0 Å². The second-order valence-corrected chi connectivity index (χ2v) is 4.01. The Hall–Kier alpha value is 0.100. The predicted octanol–water partition coefficient (Wildman–Crippen LogP) is 1.07. The number of carbonyl (C=O) groups is 1. The van der Waals surface area contributed by atoms with Crippen LogP contribution in [0.1, 0.15) is 12.8 Å². The first kappa shape index (κ1) is 8.20. The Morgan fingerprint density at radius 3 is 2.70 bits per heavy atom. The second kappa shape index (κ2) is 3.00. The number of aliphatic hydroxyl groups excluding tert-OH is 1. The third-order valence-corrected chi connectivity index (χ3v) is 2.90. The molecule has 1 saturated carbocycles. The number of ketones is 1. The van der Waals surface area contributed by atoms with Gasteiger partial charge in [0.1, 0.15) is 5.78 Å². The average Bonchev–Trinajstić information content (AvgIpc) is 1.82. The number of rotatable bonds is 0. The number of halogens is 1. The normalized spacial score (nSPS) is 34.6. The Morgan fingerprint density at radius 2 is 2.20 bits per heavy atom. The highest BCUT2D eigenvalue weighted by Crippen LogP contribution is 2.26. The quantitative estimate of drug-likeness (QED) is 0.398. The van der Waals surface area contributed by atoms with Crippen LogP contribution in [0.3, 0.4) is 0 Å². The maximum absolute atomic E-state index is 10.8. The zero-order chi connectivity index (χ0) is 7.72. The first-order chi connectivity index (χ1) is 4.61. The van der Waals surface area contributed by atoms with E-state index < -0.39 is 6.10 Å². The van der Waals surface area contributed by atoms with E-state index in [9.17, 15) is 9.90 Å². The average molecular weight is 252 g/mol. The summed E-state index contributed by atoms with van der Waals surface area (Å²) in [6, 6.07) is 0. The van der Waals surface area contributed by atoms with Crippen LogP contribution < -0.4 is 0 Å². The van der Waals surface area contributed by atoms with E-state index in [2.05, 4.69) is 29.2 Å². The predicted molar refractivity (Wildman–Crippen MR) is 47.2 cm³/mol. The largest absolute Gasteiger partial charge is 0.388 e. The number of hydrogen-bond donors (Lipinski definition) is 1. The van der Waals surface area contributed by atoms with E-state index in [1.165, 1.54) is 0 Å². The Kier molecular flexibility index (Phi) is 2.46. The van der Waals surface area contributed by atoms with E-state index in [4.69, 9.17) is 0 Å². The van der Waals surface area contributed by atoms with Gasteiger partial charge in [-0.15, -0.1) is 0 Å². The molecule has 0 aromatic carbocycles. The summed E-state index contributed by atoms with van der Waals surface area (Å²) in [6.45, 7) is 3.70. The van der Waals surface area contributed by atoms with Crippen LogP contribution in [0.2, 0.25) is 0 Å². The lowest BCUT2D eigenvalue weighted by molar-refractivity contribution is -0.121. The molecule has 3 heteroatoms. The fraction of sp³-hybridized carbons (Fsp3) is 0.571. The Bertz CT molecular complexity index is 160. The minimum atomic E-state index is -0.594. The lowest BCUT2D eigenvalue weighted by atomic mass is 9.92.